The zero-order valence-corrected chi connectivity index (χ0v) is 19.8. The van der Waals surface area contributed by atoms with Gasteiger partial charge in [-0.15, -0.1) is 10.2 Å². The van der Waals surface area contributed by atoms with E-state index in [0.717, 1.165) is 23.5 Å². The van der Waals surface area contributed by atoms with Gasteiger partial charge in [0.25, 0.3) is 5.91 Å². The van der Waals surface area contributed by atoms with Crippen molar-refractivity contribution in [2.45, 2.75) is 65.3 Å². The number of nitrogens with one attached hydrogen (secondary N) is 1. The van der Waals surface area contributed by atoms with E-state index in [1.165, 1.54) is 0 Å². The highest BCUT2D eigenvalue weighted by molar-refractivity contribution is 6.10. The summed E-state index contributed by atoms with van der Waals surface area (Å²) in [5.74, 6) is 2.14. The molecule has 1 fully saturated rings. The maximum Gasteiger partial charge on any atom is 0.260 e. The number of amides is 1. The first kappa shape index (κ1) is 21.5. The summed E-state index contributed by atoms with van der Waals surface area (Å²) in [6, 6.07) is 8.71. The molecule has 0 aliphatic carbocycles. The Morgan fingerprint density at radius 1 is 1.15 bits per heavy atom. The number of aromatic nitrogens is 5. The van der Waals surface area contributed by atoms with Crippen LogP contribution in [0.2, 0.25) is 0 Å². The Morgan fingerprint density at radius 3 is 2.64 bits per heavy atom. The number of nitrogens with zero attached hydrogens (tertiary/aromatic N) is 7. The molecular formula is C24H30N8O. The van der Waals surface area contributed by atoms with E-state index in [9.17, 15) is 4.79 Å². The van der Waals surface area contributed by atoms with E-state index in [1.54, 1.807) is 11.2 Å². The van der Waals surface area contributed by atoms with Gasteiger partial charge in [0.2, 0.25) is 0 Å². The molecule has 1 amide bonds. The van der Waals surface area contributed by atoms with Crippen molar-refractivity contribution < 1.29 is 4.79 Å². The summed E-state index contributed by atoms with van der Waals surface area (Å²) in [5.41, 5.74) is 3.30. The van der Waals surface area contributed by atoms with E-state index in [2.05, 4.69) is 48.1 Å². The molecule has 9 nitrogen and oxygen atoms in total. The summed E-state index contributed by atoms with van der Waals surface area (Å²) < 4.78 is 1.98. The lowest BCUT2D eigenvalue weighted by Gasteiger charge is -2.46. The van der Waals surface area contributed by atoms with Crippen LogP contribution in [0.1, 0.15) is 61.8 Å². The highest BCUT2D eigenvalue weighted by atomic mass is 16.2. The molecule has 0 saturated carbocycles. The fourth-order valence-electron chi connectivity index (χ4n) is 4.95. The quantitative estimate of drug-likeness (QED) is 0.622. The van der Waals surface area contributed by atoms with Gasteiger partial charge in [0.15, 0.2) is 5.82 Å². The minimum Gasteiger partial charge on any atom is -0.351 e. The lowest BCUT2D eigenvalue weighted by Crippen LogP contribution is -2.53. The van der Waals surface area contributed by atoms with Crippen LogP contribution in [0.5, 0.6) is 0 Å². The van der Waals surface area contributed by atoms with Gasteiger partial charge in [0.1, 0.15) is 23.7 Å². The van der Waals surface area contributed by atoms with Crippen LogP contribution in [0, 0.1) is 0 Å². The molecule has 1 saturated heterocycles. The largest absolute Gasteiger partial charge is 0.351 e. The molecule has 9 heteroatoms. The van der Waals surface area contributed by atoms with Crippen molar-refractivity contribution in [1.29, 1.82) is 0 Å². The third-order valence-corrected chi connectivity index (χ3v) is 6.60. The Balaban J connectivity index is 1.51. The van der Waals surface area contributed by atoms with Crippen LogP contribution in [0.4, 0.5) is 11.6 Å². The summed E-state index contributed by atoms with van der Waals surface area (Å²) in [4.78, 5) is 27.3. The zero-order chi connectivity index (χ0) is 23.3. The summed E-state index contributed by atoms with van der Waals surface area (Å²) >= 11 is 0. The summed E-state index contributed by atoms with van der Waals surface area (Å²) in [7, 11) is 1.90. The molecular weight excluding hydrogens is 416 g/mol. The van der Waals surface area contributed by atoms with Crippen LogP contribution in [0.25, 0.3) is 11.5 Å². The van der Waals surface area contributed by atoms with E-state index in [0.29, 0.717) is 48.1 Å². The predicted molar refractivity (Wildman–Crippen MR) is 127 cm³/mol. The molecule has 5 rings (SSSR count). The lowest BCUT2D eigenvalue weighted by molar-refractivity contribution is 0.0996. The number of anilines is 2. The molecule has 33 heavy (non-hydrogen) atoms. The molecule has 2 atom stereocenters. The standard InChI is InChI=1S/C24H30N8O/c1-14(2)31-13-26-29-23(31)19-7-6-8-21(27-19)30-12-18-17(24(30)33)10-22(28-20(18)11-25-5)32-15(3)9-16(32)4/h6-8,10,13-16,25H,9,11-12H2,1-5H3/t15-,16-/m1/s1. The van der Waals surface area contributed by atoms with Crippen molar-refractivity contribution >= 4 is 17.5 Å². The summed E-state index contributed by atoms with van der Waals surface area (Å²) in [5, 5.41) is 11.5. The van der Waals surface area contributed by atoms with Crippen molar-refractivity contribution in [1.82, 2.24) is 30.0 Å². The van der Waals surface area contributed by atoms with E-state index in [-0.39, 0.29) is 11.9 Å². The number of hydrogen-bond acceptors (Lipinski definition) is 7. The second-order valence-corrected chi connectivity index (χ2v) is 9.25. The number of carbonyl (C=O) groups is 1. The predicted octanol–water partition coefficient (Wildman–Crippen LogP) is 3.18. The van der Waals surface area contributed by atoms with Gasteiger partial charge in [-0.3, -0.25) is 9.69 Å². The van der Waals surface area contributed by atoms with E-state index in [4.69, 9.17) is 9.97 Å². The molecule has 0 aromatic carbocycles. The van der Waals surface area contributed by atoms with E-state index >= 15 is 0 Å². The van der Waals surface area contributed by atoms with Gasteiger partial charge in [-0.25, -0.2) is 9.97 Å². The average molecular weight is 447 g/mol. The molecule has 2 aliphatic rings. The van der Waals surface area contributed by atoms with E-state index in [1.807, 2.05) is 35.9 Å². The number of hydrogen-bond donors (Lipinski definition) is 1. The lowest BCUT2D eigenvalue weighted by atomic mass is 9.95. The fourth-order valence-corrected chi connectivity index (χ4v) is 4.95. The Labute approximate surface area is 193 Å². The topological polar surface area (TPSA) is 92.1 Å². The van der Waals surface area contributed by atoms with Gasteiger partial charge in [-0.2, -0.15) is 0 Å². The van der Waals surface area contributed by atoms with Gasteiger partial charge < -0.3 is 14.8 Å². The van der Waals surface area contributed by atoms with Crippen molar-refractivity contribution in [3.63, 3.8) is 0 Å². The maximum atomic E-state index is 13.6. The molecule has 0 bridgehead atoms. The molecule has 1 N–H and O–H groups in total. The average Bonchev–Trinajstić information content (AvgIpc) is 3.40. The molecule has 3 aromatic heterocycles. The third-order valence-electron chi connectivity index (χ3n) is 6.60. The van der Waals surface area contributed by atoms with Crippen LogP contribution in [-0.2, 0) is 13.1 Å². The summed E-state index contributed by atoms with van der Waals surface area (Å²) in [6.45, 7) is 9.62. The van der Waals surface area contributed by atoms with Crippen molar-refractivity contribution in [2.75, 3.05) is 16.8 Å². The molecule has 0 radical (unpaired) electrons. The Hall–Kier alpha value is -3.33. The Bertz CT molecular complexity index is 1190. The number of pyridine rings is 2. The third kappa shape index (κ3) is 3.56. The number of fused-ring (bicyclic) bond motifs is 1. The SMILES string of the molecule is CNCc1nc(N2[C@H](C)C[C@H]2C)cc2c1CN(c1cccc(-c3nncn3C(C)C)n1)C2=O. The first-order valence-corrected chi connectivity index (χ1v) is 11.5. The molecule has 3 aromatic rings. The minimum atomic E-state index is -0.0400. The second-order valence-electron chi connectivity index (χ2n) is 9.25. The maximum absolute atomic E-state index is 13.6. The first-order valence-electron chi connectivity index (χ1n) is 11.5. The smallest absolute Gasteiger partial charge is 0.260 e. The Kier molecular flexibility index (Phi) is 5.36. The van der Waals surface area contributed by atoms with Gasteiger partial charge in [0.05, 0.1) is 17.8 Å². The zero-order valence-electron chi connectivity index (χ0n) is 19.8. The number of rotatable bonds is 6. The van der Waals surface area contributed by atoms with Gasteiger partial charge in [-0.1, -0.05) is 6.07 Å². The van der Waals surface area contributed by atoms with Crippen LogP contribution >= 0.6 is 0 Å². The van der Waals surface area contributed by atoms with Crippen molar-refractivity contribution in [2.24, 2.45) is 0 Å². The molecule has 0 unspecified atom stereocenters. The second kappa shape index (κ2) is 8.22. The van der Waals surface area contributed by atoms with E-state index < -0.39 is 0 Å². The van der Waals surface area contributed by atoms with Crippen LogP contribution in [0.3, 0.4) is 0 Å². The van der Waals surface area contributed by atoms with Crippen LogP contribution in [0.15, 0.2) is 30.6 Å². The summed E-state index contributed by atoms with van der Waals surface area (Å²) in [6.07, 6.45) is 2.85. The van der Waals surface area contributed by atoms with Crippen LogP contribution < -0.4 is 15.1 Å². The van der Waals surface area contributed by atoms with Crippen molar-refractivity contribution in [3.8, 4) is 11.5 Å². The van der Waals surface area contributed by atoms with Crippen LogP contribution in [-0.4, -0.2) is 49.8 Å². The highest BCUT2D eigenvalue weighted by Gasteiger charge is 2.37. The minimum absolute atomic E-state index is 0.0400. The van der Waals surface area contributed by atoms with Gasteiger partial charge in [-0.05, 0) is 59.4 Å². The van der Waals surface area contributed by atoms with Crippen molar-refractivity contribution in [3.05, 3.63) is 47.4 Å². The molecule has 0 spiro atoms. The van der Waals surface area contributed by atoms with Gasteiger partial charge >= 0.3 is 0 Å². The Morgan fingerprint density at radius 2 is 1.94 bits per heavy atom. The highest BCUT2D eigenvalue weighted by Crippen LogP contribution is 2.36. The molecule has 5 heterocycles. The first-order chi connectivity index (χ1) is 15.9. The number of carbonyl (C=O) groups excluding carboxylic acids is 1. The fraction of sp³-hybridized carbons (Fsp3) is 0.458. The van der Waals surface area contributed by atoms with Gasteiger partial charge in [0, 0.05) is 30.2 Å². The molecule has 2 aliphatic heterocycles. The monoisotopic (exact) mass is 446 g/mol. The normalized spacial score (nSPS) is 19.9. The molecule has 172 valence electrons.